The molecule has 10 heteroatoms. The van der Waals surface area contributed by atoms with Crippen LogP contribution >= 0.6 is 0 Å². The number of amides is 3. The fraction of sp³-hybridized carbons (Fsp3) is 0.357. The maximum Gasteiger partial charge on any atom is 0.258 e. The quantitative estimate of drug-likeness (QED) is 0.335. The molecule has 128 valence electrons. The molecule has 0 aliphatic carbocycles. The summed E-state index contributed by atoms with van der Waals surface area (Å²) in [6.07, 6.45) is -0.614. The van der Waals surface area contributed by atoms with E-state index in [1.807, 2.05) is 0 Å². The smallest absolute Gasteiger partial charge is 0.258 e. The number of carbonyl (C=O) groups excluding carboxylic acids is 3. The van der Waals surface area contributed by atoms with E-state index < -0.39 is 69.3 Å². The topological polar surface area (TPSA) is 80.8 Å². The predicted molar refractivity (Wildman–Crippen MR) is 69.0 cm³/mol. The molecule has 0 aromatic heterocycles. The van der Waals surface area contributed by atoms with Gasteiger partial charge in [-0.25, -0.2) is 17.6 Å². The fourth-order valence-electron chi connectivity index (χ4n) is 2.95. The lowest BCUT2D eigenvalue weighted by Crippen LogP contribution is -2.61. The molecule has 2 aliphatic rings. The molecule has 1 aromatic rings. The molecule has 3 amide bonds. The maximum atomic E-state index is 13.9. The molecule has 24 heavy (non-hydrogen) atoms. The van der Waals surface area contributed by atoms with Crippen molar-refractivity contribution in [3.8, 4) is 0 Å². The van der Waals surface area contributed by atoms with Crippen molar-refractivity contribution in [1.82, 2.24) is 9.96 Å². The van der Waals surface area contributed by atoms with E-state index in [1.54, 1.807) is 0 Å². The van der Waals surface area contributed by atoms with Gasteiger partial charge in [0.2, 0.25) is 11.8 Å². The number of halogens is 4. The molecule has 2 heterocycles. The summed E-state index contributed by atoms with van der Waals surface area (Å²) in [7, 11) is 0. The lowest BCUT2D eigenvalue weighted by Gasteiger charge is -2.45. The minimum absolute atomic E-state index is 0.253. The summed E-state index contributed by atoms with van der Waals surface area (Å²) in [5.41, 5.74) is -3.60. The fourth-order valence-corrected chi connectivity index (χ4v) is 2.95. The highest BCUT2D eigenvalue weighted by atomic mass is 19.2. The van der Waals surface area contributed by atoms with Crippen LogP contribution in [0, 0.1) is 28.5 Å². The second-order valence-corrected chi connectivity index (χ2v) is 5.77. The third-order valence-corrected chi connectivity index (χ3v) is 4.43. The number of benzene rings is 1. The average Bonchev–Trinajstić information content (AvgIpc) is 2.91. The molecule has 3 rings (SSSR count). The first-order valence-corrected chi connectivity index (χ1v) is 6.82. The van der Waals surface area contributed by atoms with E-state index in [9.17, 15) is 37.2 Å². The van der Waals surface area contributed by atoms with Gasteiger partial charge in [0, 0.05) is 12.0 Å². The van der Waals surface area contributed by atoms with Gasteiger partial charge < -0.3 is 15.2 Å². The first-order chi connectivity index (χ1) is 11.1. The minimum Gasteiger partial charge on any atom is -0.750 e. The molecule has 6 nitrogen and oxygen atoms in total. The van der Waals surface area contributed by atoms with Crippen molar-refractivity contribution in [2.24, 2.45) is 0 Å². The van der Waals surface area contributed by atoms with Crippen molar-refractivity contribution in [3.63, 3.8) is 0 Å². The molecule has 0 bridgehead atoms. The van der Waals surface area contributed by atoms with Crippen molar-refractivity contribution in [1.29, 1.82) is 0 Å². The summed E-state index contributed by atoms with van der Waals surface area (Å²) in [5, 5.41) is 11.1. The van der Waals surface area contributed by atoms with E-state index in [4.69, 9.17) is 0 Å². The van der Waals surface area contributed by atoms with Crippen LogP contribution in [0.4, 0.5) is 17.6 Å². The number of hydrogen-bond acceptors (Lipinski definition) is 4. The summed E-state index contributed by atoms with van der Waals surface area (Å²) in [4.78, 5) is 36.4. The Hall–Kier alpha value is -2.49. The van der Waals surface area contributed by atoms with Crippen LogP contribution in [0.1, 0.15) is 35.7 Å². The summed E-state index contributed by atoms with van der Waals surface area (Å²) < 4.78 is 54.4. The van der Waals surface area contributed by atoms with Crippen LogP contribution in [0.5, 0.6) is 0 Å². The Balaban J connectivity index is 2.09. The van der Waals surface area contributed by atoms with Crippen molar-refractivity contribution in [2.45, 2.75) is 31.8 Å². The van der Waals surface area contributed by atoms with Crippen molar-refractivity contribution >= 4 is 17.7 Å². The Kier molecular flexibility index (Phi) is 3.41. The monoisotopic (exact) mass is 345 g/mol. The molecule has 1 fully saturated rings. The van der Waals surface area contributed by atoms with E-state index in [0.717, 1.165) is 6.92 Å². The van der Waals surface area contributed by atoms with E-state index in [2.05, 4.69) is 0 Å². The van der Waals surface area contributed by atoms with Gasteiger partial charge in [0.05, 0.1) is 12.1 Å². The number of hydroxylamine groups is 2. The predicted octanol–water partition coefficient (Wildman–Crippen LogP) is 1.60. The zero-order valence-corrected chi connectivity index (χ0v) is 12.2. The van der Waals surface area contributed by atoms with E-state index in [-0.39, 0.29) is 12.8 Å². The van der Waals surface area contributed by atoms with Crippen LogP contribution in [-0.2, 0) is 16.1 Å². The maximum absolute atomic E-state index is 13.9. The SMILES string of the molecule is CC1(N2Cc3c(F)c(F)c(F)c(F)c3C2=O)CCC(=O)N([O-])C1=O. The Bertz CT molecular complexity index is 813. The van der Waals surface area contributed by atoms with Gasteiger partial charge in [-0.05, 0) is 13.3 Å². The minimum atomic E-state index is -2.14. The van der Waals surface area contributed by atoms with E-state index >= 15 is 0 Å². The zero-order valence-electron chi connectivity index (χ0n) is 12.2. The molecule has 1 unspecified atom stereocenters. The van der Waals surface area contributed by atoms with Gasteiger partial charge in [0.25, 0.3) is 5.91 Å². The normalized spacial score (nSPS) is 24.0. The van der Waals surface area contributed by atoms with Crippen molar-refractivity contribution in [2.75, 3.05) is 0 Å². The number of piperidine rings is 1. The Morgan fingerprint density at radius 2 is 1.58 bits per heavy atom. The van der Waals surface area contributed by atoms with Gasteiger partial charge in [0.15, 0.2) is 23.3 Å². The molecular formula is C14H9F4N2O4-. The van der Waals surface area contributed by atoms with E-state index in [0.29, 0.717) is 4.90 Å². The highest BCUT2D eigenvalue weighted by Crippen LogP contribution is 2.38. The number of hydrogen-bond donors (Lipinski definition) is 0. The van der Waals surface area contributed by atoms with Crippen LogP contribution in [-0.4, -0.2) is 33.2 Å². The van der Waals surface area contributed by atoms with Gasteiger partial charge in [-0.3, -0.25) is 14.4 Å². The number of rotatable bonds is 1. The molecule has 1 atom stereocenters. The van der Waals surface area contributed by atoms with Gasteiger partial charge in [-0.1, -0.05) is 0 Å². The number of carbonyl (C=O) groups is 3. The molecule has 2 aliphatic heterocycles. The number of imide groups is 1. The zero-order chi connectivity index (χ0) is 18.0. The molecule has 1 aromatic carbocycles. The second kappa shape index (κ2) is 5.00. The van der Waals surface area contributed by atoms with Crippen LogP contribution in [0.2, 0.25) is 0 Å². The Labute approximate surface area is 132 Å². The van der Waals surface area contributed by atoms with Crippen molar-refractivity contribution < 1.29 is 31.9 Å². The lowest BCUT2D eigenvalue weighted by molar-refractivity contribution is -0.154. The highest BCUT2D eigenvalue weighted by Gasteiger charge is 2.51. The summed E-state index contributed by atoms with van der Waals surface area (Å²) in [5.74, 6) is -11.3. The van der Waals surface area contributed by atoms with Crippen LogP contribution in [0.25, 0.3) is 0 Å². The Morgan fingerprint density at radius 3 is 2.21 bits per heavy atom. The molecule has 1 saturated heterocycles. The third-order valence-electron chi connectivity index (χ3n) is 4.43. The molecule has 0 radical (unpaired) electrons. The highest BCUT2D eigenvalue weighted by molar-refractivity contribution is 6.07. The Morgan fingerprint density at radius 1 is 1.00 bits per heavy atom. The van der Waals surface area contributed by atoms with Crippen LogP contribution in [0.15, 0.2) is 0 Å². The summed E-state index contributed by atoms with van der Waals surface area (Å²) in [6, 6.07) is 0. The van der Waals surface area contributed by atoms with Crippen LogP contribution < -0.4 is 0 Å². The van der Waals surface area contributed by atoms with Gasteiger partial charge in [-0.2, -0.15) is 0 Å². The summed E-state index contributed by atoms with van der Waals surface area (Å²) in [6.45, 7) is 0.428. The average molecular weight is 345 g/mol. The largest absolute Gasteiger partial charge is 0.750 e. The first kappa shape index (κ1) is 16.4. The molecule has 0 spiro atoms. The number of nitrogens with zero attached hydrogens (tertiary/aromatic N) is 2. The molecule has 0 N–H and O–H groups in total. The summed E-state index contributed by atoms with van der Waals surface area (Å²) >= 11 is 0. The van der Waals surface area contributed by atoms with Gasteiger partial charge >= 0.3 is 0 Å². The van der Waals surface area contributed by atoms with Crippen LogP contribution in [0.3, 0.4) is 0 Å². The second-order valence-electron chi connectivity index (χ2n) is 5.77. The van der Waals surface area contributed by atoms with Gasteiger partial charge in [-0.15, -0.1) is 0 Å². The van der Waals surface area contributed by atoms with Crippen molar-refractivity contribution in [3.05, 3.63) is 39.6 Å². The van der Waals surface area contributed by atoms with E-state index in [1.165, 1.54) is 0 Å². The first-order valence-electron chi connectivity index (χ1n) is 6.82. The third kappa shape index (κ3) is 1.89. The molecular weight excluding hydrogens is 336 g/mol. The standard InChI is InChI=1S/C14H9F4N2O4/c1-14(3-2-6(21)20(24)13(14)23)19-4-5-7(12(19)22)9(16)11(18)10(17)8(5)15/h2-4H2,1H3/q-1. The lowest BCUT2D eigenvalue weighted by atomic mass is 9.89. The van der Waals surface area contributed by atoms with Gasteiger partial charge in [0.1, 0.15) is 5.54 Å². The molecule has 0 saturated carbocycles. The number of fused-ring (bicyclic) bond motifs is 1.